The highest BCUT2D eigenvalue weighted by atomic mass is 32.1. The summed E-state index contributed by atoms with van der Waals surface area (Å²) in [5.74, 6) is 0.203. The average molecular weight is 251 g/mol. The van der Waals surface area contributed by atoms with Gasteiger partial charge in [-0.15, -0.1) is 0 Å². The Morgan fingerprint density at radius 2 is 2.24 bits per heavy atom. The summed E-state index contributed by atoms with van der Waals surface area (Å²) in [5.41, 5.74) is 1.65. The second-order valence-electron chi connectivity index (χ2n) is 5.03. The number of carbonyl (C=O) groups is 1. The van der Waals surface area contributed by atoms with E-state index in [1.807, 2.05) is 6.92 Å². The summed E-state index contributed by atoms with van der Waals surface area (Å²) in [4.78, 5) is 11.6. The fourth-order valence-corrected chi connectivity index (χ4v) is 3.55. The molecule has 1 fully saturated rings. The topological polar surface area (TPSA) is 29.1 Å². The van der Waals surface area contributed by atoms with Crippen LogP contribution >= 0.6 is 11.3 Å². The van der Waals surface area contributed by atoms with E-state index in [9.17, 15) is 4.79 Å². The van der Waals surface area contributed by atoms with Gasteiger partial charge in [0.15, 0.2) is 0 Å². The van der Waals surface area contributed by atoms with E-state index in [0.29, 0.717) is 6.42 Å². The van der Waals surface area contributed by atoms with Gasteiger partial charge in [-0.25, -0.2) is 0 Å². The molecule has 0 spiro atoms. The molecular formula is C14H21NOS. The molecule has 0 radical (unpaired) electrons. The number of hydrogen-bond acceptors (Lipinski definition) is 2. The van der Waals surface area contributed by atoms with Crippen molar-refractivity contribution in [2.75, 3.05) is 6.54 Å². The Balaban J connectivity index is 2.01. The zero-order valence-electron chi connectivity index (χ0n) is 10.5. The minimum absolute atomic E-state index is 0.203. The van der Waals surface area contributed by atoms with E-state index < -0.39 is 0 Å². The summed E-state index contributed by atoms with van der Waals surface area (Å²) in [6, 6.07) is 2.22. The first kappa shape index (κ1) is 12.6. The Bertz CT molecular complexity index is 352. The van der Waals surface area contributed by atoms with Crippen LogP contribution in [0.4, 0.5) is 0 Å². The van der Waals surface area contributed by atoms with E-state index in [1.54, 1.807) is 11.3 Å². The summed E-state index contributed by atoms with van der Waals surface area (Å²) < 4.78 is 0. The van der Waals surface area contributed by atoms with Gasteiger partial charge in [-0.05, 0) is 41.7 Å². The van der Waals surface area contributed by atoms with Gasteiger partial charge in [0.1, 0.15) is 0 Å². The van der Waals surface area contributed by atoms with Gasteiger partial charge in [0.25, 0.3) is 0 Å². The second kappa shape index (κ2) is 5.67. The molecule has 0 atom stereocenters. The first-order valence-corrected chi connectivity index (χ1v) is 7.50. The van der Waals surface area contributed by atoms with Crippen LogP contribution in [0.5, 0.6) is 0 Å². The van der Waals surface area contributed by atoms with Crippen LogP contribution in [0, 0.1) is 0 Å². The molecule has 1 heterocycles. The lowest BCUT2D eigenvalue weighted by Gasteiger charge is -2.28. The smallest absolute Gasteiger partial charge is 0.220 e. The predicted octanol–water partition coefficient (Wildman–Crippen LogP) is 3.48. The van der Waals surface area contributed by atoms with Gasteiger partial charge in [0, 0.05) is 18.4 Å². The normalized spacial score (nSPS) is 18.2. The molecule has 1 amide bonds. The van der Waals surface area contributed by atoms with Crippen molar-refractivity contribution in [3.8, 4) is 0 Å². The van der Waals surface area contributed by atoms with Crippen molar-refractivity contribution in [2.45, 2.75) is 50.9 Å². The Morgan fingerprint density at radius 3 is 2.82 bits per heavy atom. The van der Waals surface area contributed by atoms with Crippen molar-refractivity contribution in [2.24, 2.45) is 0 Å². The van der Waals surface area contributed by atoms with Gasteiger partial charge in [-0.2, -0.15) is 11.3 Å². The Kier molecular flexibility index (Phi) is 4.21. The fourth-order valence-electron chi connectivity index (χ4n) is 2.77. The van der Waals surface area contributed by atoms with Gasteiger partial charge in [-0.1, -0.05) is 19.8 Å². The molecule has 0 saturated heterocycles. The Hall–Kier alpha value is -0.830. The van der Waals surface area contributed by atoms with Crippen molar-refractivity contribution in [3.63, 3.8) is 0 Å². The van der Waals surface area contributed by atoms with Crippen LogP contribution in [-0.2, 0) is 10.2 Å². The van der Waals surface area contributed by atoms with Gasteiger partial charge < -0.3 is 5.32 Å². The minimum atomic E-state index is 0.203. The standard InChI is InChI=1S/C14H21NOS/c1-2-5-13(16)15-11-14(7-3-4-8-14)12-6-9-17-10-12/h6,9-10H,2-5,7-8,11H2,1H3,(H,15,16). The Morgan fingerprint density at radius 1 is 1.47 bits per heavy atom. The molecule has 1 aliphatic rings. The third-order valence-corrected chi connectivity index (χ3v) is 4.48. The molecule has 2 nitrogen and oxygen atoms in total. The largest absolute Gasteiger partial charge is 0.355 e. The van der Waals surface area contributed by atoms with E-state index in [2.05, 4.69) is 22.1 Å². The monoisotopic (exact) mass is 251 g/mol. The van der Waals surface area contributed by atoms with Crippen molar-refractivity contribution in [1.29, 1.82) is 0 Å². The van der Waals surface area contributed by atoms with Crippen LogP contribution < -0.4 is 5.32 Å². The average Bonchev–Trinajstić information content (AvgIpc) is 2.98. The van der Waals surface area contributed by atoms with Crippen LogP contribution in [0.1, 0.15) is 51.0 Å². The molecule has 1 saturated carbocycles. The fraction of sp³-hybridized carbons (Fsp3) is 0.643. The maximum absolute atomic E-state index is 11.6. The lowest BCUT2D eigenvalue weighted by Crippen LogP contribution is -2.38. The second-order valence-corrected chi connectivity index (χ2v) is 5.81. The van der Waals surface area contributed by atoms with Crippen LogP contribution in [0.25, 0.3) is 0 Å². The number of amides is 1. The highest BCUT2D eigenvalue weighted by Crippen LogP contribution is 2.41. The first-order chi connectivity index (χ1) is 8.27. The molecule has 94 valence electrons. The van der Waals surface area contributed by atoms with E-state index in [1.165, 1.54) is 31.2 Å². The molecular weight excluding hydrogens is 230 g/mol. The molecule has 0 aromatic carbocycles. The lowest BCUT2D eigenvalue weighted by atomic mass is 9.80. The number of rotatable bonds is 5. The van der Waals surface area contributed by atoms with Gasteiger partial charge >= 0.3 is 0 Å². The van der Waals surface area contributed by atoms with Crippen LogP contribution in [0.2, 0.25) is 0 Å². The van der Waals surface area contributed by atoms with Gasteiger partial charge in [-0.3, -0.25) is 4.79 Å². The summed E-state index contributed by atoms with van der Waals surface area (Å²) in [6.45, 7) is 2.87. The van der Waals surface area contributed by atoms with E-state index in [4.69, 9.17) is 0 Å². The molecule has 0 unspecified atom stereocenters. The van der Waals surface area contributed by atoms with Gasteiger partial charge in [0.2, 0.25) is 5.91 Å². The molecule has 3 heteroatoms. The summed E-state index contributed by atoms with van der Waals surface area (Å²) in [5, 5.41) is 7.51. The number of nitrogens with one attached hydrogen (secondary N) is 1. The lowest BCUT2D eigenvalue weighted by molar-refractivity contribution is -0.121. The number of thiophene rings is 1. The molecule has 1 aliphatic carbocycles. The van der Waals surface area contributed by atoms with Crippen LogP contribution in [-0.4, -0.2) is 12.5 Å². The van der Waals surface area contributed by atoms with Crippen molar-refractivity contribution >= 4 is 17.2 Å². The molecule has 1 aromatic rings. The highest BCUT2D eigenvalue weighted by molar-refractivity contribution is 7.08. The van der Waals surface area contributed by atoms with Crippen molar-refractivity contribution in [3.05, 3.63) is 22.4 Å². The SMILES string of the molecule is CCCC(=O)NCC1(c2ccsc2)CCCC1. The molecule has 17 heavy (non-hydrogen) atoms. The van der Waals surface area contributed by atoms with Gasteiger partial charge in [0.05, 0.1) is 0 Å². The zero-order chi connectivity index (χ0) is 12.1. The molecule has 0 aliphatic heterocycles. The third-order valence-electron chi connectivity index (χ3n) is 3.80. The van der Waals surface area contributed by atoms with Crippen molar-refractivity contribution < 1.29 is 4.79 Å². The quantitative estimate of drug-likeness (QED) is 0.853. The Labute approximate surface area is 107 Å². The van der Waals surface area contributed by atoms with E-state index in [-0.39, 0.29) is 11.3 Å². The molecule has 1 N–H and O–H groups in total. The zero-order valence-corrected chi connectivity index (χ0v) is 11.3. The highest BCUT2D eigenvalue weighted by Gasteiger charge is 2.35. The predicted molar refractivity (Wildman–Crippen MR) is 72.4 cm³/mol. The van der Waals surface area contributed by atoms with Crippen molar-refractivity contribution in [1.82, 2.24) is 5.32 Å². The summed E-state index contributed by atoms with van der Waals surface area (Å²) >= 11 is 1.76. The number of carbonyl (C=O) groups excluding carboxylic acids is 1. The third kappa shape index (κ3) is 2.89. The first-order valence-electron chi connectivity index (χ1n) is 6.56. The minimum Gasteiger partial charge on any atom is -0.355 e. The molecule has 0 bridgehead atoms. The molecule has 1 aromatic heterocycles. The van der Waals surface area contributed by atoms with E-state index >= 15 is 0 Å². The maximum Gasteiger partial charge on any atom is 0.220 e. The molecule has 2 rings (SSSR count). The summed E-state index contributed by atoms with van der Waals surface area (Å²) in [6.07, 6.45) is 6.60. The van der Waals surface area contributed by atoms with Crippen LogP contribution in [0.3, 0.4) is 0 Å². The van der Waals surface area contributed by atoms with E-state index in [0.717, 1.165) is 13.0 Å². The summed E-state index contributed by atoms with van der Waals surface area (Å²) in [7, 11) is 0. The number of hydrogen-bond donors (Lipinski definition) is 1. The maximum atomic E-state index is 11.6. The van der Waals surface area contributed by atoms with Crippen LogP contribution in [0.15, 0.2) is 16.8 Å².